The minimum Gasteiger partial charge on any atom is -0.368 e. The van der Waals surface area contributed by atoms with Gasteiger partial charge in [0, 0.05) is 36.9 Å². The highest BCUT2D eigenvalue weighted by Gasteiger charge is 2.21. The molecule has 0 radical (unpaired) electrons. The van der Waals surface area contributed by atoms with Gasteiger partial charge in [0.1, 0.15) is 5.82 Å². The van der Waals surface area contributed by atoms with E-state index in [0.717, 1.165) is 18.8 Å². The van der Waals surface area contributed by atoms with Crippen LogP contribution in [0.1, 0.15) is 5.56 Å². The predicted octanol–water partition coefficient (Wildman–Crippen LogP) is 2.49. The van der Waals surface area contributed by atoms with Crippen LogP contribution in [0.3, 0.4) is 0 Å². The average Bonchev–Trinajstić information content (AvgIpc) is 2.67. The third kappa shape index (κ3) is 5.44. The molecule has 142 valence electrons. The summed E-state index contributed by atoms with van der Waals surface area (Å²) in [6.07, 6.45) is 0.0510. The Labute approximate surface area is 162 Å². The van der Waals surface area contributed by atoms with Gasteiger partial charge in [0.25, 0.3) is 0 Å². The highest BCUT2D eigenvalue weighted by Crippen LogP contribution is 2.19. The Morgan fingerprint density at radius 2 is 1.74 bits per heavy atom. The lowest BCUT2D eigenvalue weighted by molar-refractivity contribution is -0.133. The van der Waals surface area contributed by atoms with Crippen molar-refractivity contribution in [2.75, 3.05) is 37.6 Å². The lowest BCUT2D eigenvalue weighted by Crippen LogP contribution is -2.51. The van der Waals surface area contributed by atoms with E-state index in [-0.39, 0.29) is 30.6 Å². The average molecular weight is 390 g/mol. The van der Waals surface area contributed by atoms with E-state index in [2.05, 4.69) is 10.2 Å². The first-order valence-corrected chi connectivity index (χ1v) is 9.18. The van der Waals surface area contributed by atoms with E-state index in [1.807, 2.05) is 24.3 Å². The van der Waals surface area contributed by atoms with E-state index in [4.69, 9.17) is 11.6 Å². The number of piperazine rings is 1. The first-order valence-electron chi connectivity index (χ1n) is 8.81. The largest absolute Gasteiger partial charge is 0.368 e. The van der Waals surface area contributed by atoms with Crippen molar-refractivity contribution in [2.45, 2.75) is 6.42 Å². The molecule has 5 nitrogen and oxygen atoms in total. The maximum absolute atomic E-state index is 13.1. The van der Waals surface area contributed by atoms with Gasteiger partial charge in [0.2, 0.25) is 11.8 Å². The Bertz CT molecular complexity index is 805. The molecule has 0 saturated carbocycles. The third-order valence-corrected chi connectivity index (χ3v) is 4.77. The van der Waals surface area contributed by atoms with Crippen LogP contribution in [0.5, 0.6) is 0 Å². The molecule has 3 rings (SSSR count). The molecule has 1 aliphatic rings. The zero-order chi connectivity index (χ0) is 19.2. The van der Waals surface area contributed by atoms with E-state index in [9.17, 15) is 14.0 Å². The van der Waals surface area contributed by atoms with Crippen LogP contribution in [0, 0.1) is 5.82 Å². The number of carbonyl (C=O) groups excluding carboxylic acids is 2. The molecule has 1 aliphatic heterocycles. The summed E-state index contributed by atoms with van der Waals surface area (Å²) in [4.78, 5) is 28.2. The van der Waals surface area contributed by atoms with E-state index in [1.165, 1.54) is 12.1 Å². The van der Waals surface area contributed by atoms with E-state index < -0.39 is 0 Å². The van der Waals surface area contributed by atoms with Gasteiger partial charge in [0.15, 0.2) is 0 Å². The number of rotatable bonds is 5. The Hall–Kier alpha value is -2.60. The summed E-state index contributed by atoms with van der Waals surface area (Å²) >= 11 is 5.91. The molecule has 0 spiro atoms. The molecule has 0 bridgehead atoms. The quantitative estimate of drug-likeness (QED) is 0.854. The van der Waals surface area contributed by atoms with Gasteiger partial charge >= 0.3 is 0 Å². The number of halogens is 2. The number of nitrogens with one attached hydrogen (secondary N) is 1. The molecule has 7 heteroatoms. The van der Waals surface area contributed by atoms with Crippen molar-refractivity contribution in [1.82, 2.24) is 10.2 Å². The van der Waals surface area contributed by atoms with Gasteiger partial charge in [-0.2, -0.15) is 0 Å². The molecular weight excluding hydrogens is 369 g/mol. The SMILES string of the molecule is O=C(Cc1cccc(F)c1)NCC(=O)N1CCN(c2ccc(Cl)cc2)CC1. The summed E-state index contributed by atoms with van der Waals surface area (Å²) in [6.45, 7) is 2.60. The normalized spacial score (nSPS) is 14.1. The van der Waals surface area contributed by atoms with Gasteiger partial charge in [-0.3, -0.25) is 9.59 Å². The van der Waals surface area contributed by atoms with Crippen molar-refractivity contribution in [1.29, 1.82) is 0 Å². The molecule has 27 heavy (non-hydrogen) atoms. The maximum Gasteiger partial charge on any atom is 0.242 e. The van der Waals surface area contributed by atoms with Crippen LogP contribution in [0.15, 0.2) is 48.5 Å². The number of amides is 2. The van der Waals surface area contributed by atoms with Gasteiger partial charge in [-0.15, -0.1) is 0 Å². The molecule has 2 aromatic rings. The molecule has 0 aliphatic carbocycles. The van der Waals surface area contributed by atoms with Gasteiger partial charge < -0.3 is 15.1 Å². The van der Waals surface area contributed by atoms with Crippen LogP contribution >= 0.6 is 11.6 Å². The summed E-state index contributed by atoms with van der Waals surface area (Å²) in [5, 5.41) is 3.31. The Balaban J connectivity index is 1.42. The van der Waals surface area contributed by atoms with Crippen LogP contribution < -0.4 is 10.2 Å². The second-order valence-electron chi connectivity index (χ2n) is 6.43. The van der Waals surface area contributed by atoms with Crippen LogP contribution in [0.4, 0.5) is 10.1 Å². The molecule has 1 fully saturated rings. The van der Waals surface area contributed by atoms with Crippen molar-refractivity contribution in [3.63, 3.8) is 0 Å². The number of nitrogens with zero attached hydrogens (tertiary/aromatic N) is 2. The highest BCUT2D eigenvalue weighted by molar-refractivity contribution is 6.30. The number of anilines is 1. The van der Waals surface area contributed by atoms with Crippen LogP contribution in [0.2, 0.25) is 5.02 Å². The maximum atomic E-state index is 13.1. The van der Waals surface area contributed by atoms with Crippen molar-refractivity contribution in [2.24, 2.45) is 0 Å². The summed E-state index contributed by atoms with van der Waals surface area (Å²) < 4.78 is 13.1. The molecule has 1 N–H and O–H groups in total. The van der Waals surface area contributed by atoms with Crippen molar-refractivity contribution in [3.05, 3.63) is 64.9 Å². The molecule has 0 atom stereocenters. The smallest absolute Gasteiger partial charge is 0.242 e. The van der Waals surface area contributed by atoms with Gasteiger partial charge in [-0.05, 0) is 42.0 Å². The van der Waals surface area contributed by atoms with E-state index in [1.54, 1.807) is 17.0 Å². The fraction of sp³-hybridized carbons (Fsp3) is 0.300. The second kappa shape index (κ2) is 8.86. The fourth-order valence-corrected chi connectivity index (χ4v) is 3.17. The molecule has 1 heterocycles. The Morgan fingerprint density at radius 1 is 1.04 bits per heavy atom. The van der Waals surface area contributed by atoms with Crippen LogP contribution in [-0.2, 0) is 16.0 Å². The van der Waals surface area contributed by atoms with Gasteiger partial charge in [-0.25, -0.2) is 4.39 Å². The minimum atomic E-state index is -0.380. The zero-order valence-corrected chi connectivity index (χ0v) is 15.6. The lowest BCUT2D eigenvalue weighted by atomic mass is 10.1. The topological polar surface area (TPSA) is 52.7 Å². The highest BCUT2D eigenvalue weighted by atomic mass is 35.5. The molecular formula is C20H21ClFN3O2. The summed E-state index contributed by atoms with van der Waals surface area (Å²) in [5.74, 6) is -0.790. The van der Waals surface area contributed by atoms with Crippen molar-refractivity contribution < 1.29 is 14.0 Å². The number of benzene rings is 2. The van der Waals surface area contributed by atoms with E-state index >= 15 is 0 Å². The molecule has 1 saturated heterocycles. The van der Waals surface area contributed by atoms with Crippen molar-refractivity contribution >= 4 is 29.1 Å². The third-order valence-electron chi connectivity index (χ3n) is 4.51. The van der Waals surface area contributed by atoms with Gasteiger partial charge in [-0.1, -0.05) is 23.7 Å². The molecule has 2 aromatic carbocycles. The first-order chi connectivity index (χ1) is 13.0. The lowest BCUT2D eigenvalue weighted by Gasteiger charge is -2.36. The monoisotopic (exact) mass is 389 g/mol. The zero-order valence-electron chi connectivity index (χ0n) is 14.8. The standard InChI is InChI=1S/C20H21ClFN3O2/c21-16-4-6-18(7-5-16)24-8-10-25(11-9-24)20(27)14-23-19(26)13-15-2-1-3-17(22)12-15/h1-7,12H,8-11,13-14H2,(H,23,26). The van der Waals surface area contributed by atoms with Crippen molar-refractivity contribution in [3.8, 4) is 0 Å². The minimum absolute atomic E-state index is 0.0465. The van der Waals surface area contributed by atoms with Crippen LogP contribution in [0.25, 0.3) is 0 Å². The summed E-state index contributed by atoms with van der Waals surface area (Å²) in [5.41, 5.74) is 1.66. The Kier molecular flexibility index (Phi) is 6.29. The number of hydrogen-bond donors (Lipinski definition) is 1. The second-order valence-corrected chi connectivity index (χ2v) is 6.86. The fourth-order valence-electron chi connectivity index (χ4n) is 3.05. The Morgan fingerprint density at radius 3 is 2.41 bits per heavy atom. The molecule has 0 aromatic heterocycles. The molecule has 2 amide bonds. The summed E-state index contributed by atoms with van der Waals surface area (Å²) in [6, 6.07) is 13.5. The summed E-state index contributed by atoms with van der Waals surface area (Å²) in [7, 11) is 0. The van der Waals surface area contributed by atoms with E-state index in [0.29, 0.717) is 23.7 Å². The first kappa shape index (κ1) is 19.2. The van der Waals surface area contributed by atoms with Crippen LogP contribution in [-0.4, -0.2) is 49.4 Å². The van der Waals surface area contributed by atoms with Gasteiger partial charge in [0.05, 0.1) is 13.0 Å². The molecule has 0 unspecified atom stereocenters. The number of hydrogen-bond acceptors (Lipinski definition) is 3. The number of carbonyl (C=O) groups is 2. The predicted molar refractivity (Wildman–Crippen MR) is 103 cm³/mol.